The first-order chi connectivity index (χ1) is 12.5. The number of thiophene rings is 1. The van der Waals surface area contributed by atoms with E-state index >= 15 is 0 Å². The summed E-state index contributed by atoms with van der Waals surface area (Å²) in [5, 5.41) is 10.9. The van der Waals surface area contributed by atoms with Crippen molar-refractivity contribution in [2.75, 3.05) is 13.1 Å². The lowest BCUT2D eigenvalue weighted by Crippen LogP contribution is -2.44. The van der Waals surface area contributed by atoms with Gasteiger partial charge in [-0.25, -0.2) is 4.79 Å². The maximum absolute atomic E-state index is 12.0. The van der Waals surface area contributed by atoms with Crippen LogP contribution in [0.4, 0.5) is 4.79 Å². The van der Waals surface area contributed by atoms with Gasteiger partial charge in [-0.05, 0) is 41.5 Å². The largest absolute Gasteiger partial charge is 0.337 e. The lowest BCUT2D eigenvalue weighted by atomic mass is 9.96. The molecule has 1 aromatic heterocycles. The molecule has 0 aliphatic carbocycles. The van der Waals surface area contributed by atoms with Crippen molar-refractivity contribution in [1.29, 1.82) is 0 Å². The number of rotatable bonds is 8. The summed E-state index contributed by atoms with van der Waals surface area (Å²) in [5.41, 5.74) is 1.05. The van der Waals surface area contributed by atoms with Crippen LogP contribution in [0.1, 0.15) is 30.3 Å². The highest BCUT2D eigenvalue weighted by atomic mass is 35.5. The average Bonchev–Trinajstić information content (AvgIpc) is 3.09. The number of hydrogen-bond donors (Lipinski definition) is 3. The van der Waals surface area contributed by atoms with Gasteiger partial charge in [0.2, 0.25) is 5.91 Å². The van der Waals surface area contributed by atoms with Crippen LogP contribution >= 0.6 is 22.9 Å². The molecular weight excluding hydrogens is 370 g/mol. The van der Waals surface area contributed by atoms with Crippen LogP contribution < -0.4 is 16.0 Å². The number of carbonyl (C=O) groups is 2. The predicted octanol–water partition coefficient (Wildman–Crippen LogP) is 3.76. The second kappa shape index (κ2) is 10.3. The Balaban J connectivity index is 1.74. The smallest absolute Gasteiger partial charge is 0.321 e. The average molecular weight is 394 g/mol. The fourth-order valence-electron chi connectivity index (χ4n) is 2.58. The topological polar surface area (TPSA) is 70.2 Å². The SMILES string of the molecule is CC(C)C(NCC(=O)NC(=O)NCCc1cccs1)c1ccc(Cl)cc1. The quantitative estimate of drug-likeness (QED) is 0.639. The molecule has 1 unspecified atom stereocenters. The summed E-state index contributed by atoms with van der Waals surface area (Å²) >= 11 is 7.57. The Morgan fingerprint density at radius 3 is 2.50 bits per heavy atom. The van der Waals surface area contributed by atoms with Gasteiger partial charge in [0.15, 0.2) is 0 Å². The van der Waals surface area contributed by atoms with Crippen molar-refractivity contribution in [2.24, 2.45) is 5.92 Å². The number of urea groups is 1. The zero-order valence-corrected chi connectivity index (χ0v) is 16.5. The Morgan fingerprint density at radius 1 is 1.15 bits per heavy atom. The van der Waals surface area contributed by atoms with Crippen LogP contribution in [0.5, 0.6) is 0 Å². The third-order valence-electron chi connectivity index (χ3n) is 3.87. The van der Waals surface area contributed by atoms with Crippen molar-refractivity contribution in [1.82, 2.24) is 16.0 Å². The Morgan fingerprint density at radius 2 is 1.88 bits per heavy atom. The molecule has 3 amide bonds. The molecule has 1 atom stereocenters. The van der Waals surface area contributed by atoms with Gasteiger partial charge >= 0.3 is 6.03 Å². The zero-order valence-electron chi connectivity index (χ0n) is 14.9. The van der Waals surface area contributed by atoms with E-state index in [4.69, 9.17) is 11.6 Å². The summed E-state index contributed by atoms with van der Waals surface area (Å²) < 4.78 is 0. The summed E-state index contributed by atoms with van der Waals surface area (Å²) in [6.07, 6.45) is 0.753. The molecule has 3 N–H and O–H groups in total. The second-order valence-corrected chi connectivity index (χ2v) is 7.76. The van der Waals surface area contributed by atoms with E-state index in [1.807, 2.05) is 41.8 Å². The Hall–Kier alpha value is -1.89. The molecule has 2 aromatic rings. The van der Waals surface area contributed by atoms with Gasteiger partial charge in [-0.2, -0.15) is 0 Å². The van der Waals surface area contributed by atoms with E-state index in [0.29, 0.717) is 11.6 Å². The molecule has 0 aliphatic rings. The van der Waals surface area contributed by atoms with E-state index in [1.165, 1.54) is 4.88 Å². The van der Waals surface area contributed by atoms with Gasteiger partial charge in [0.1, 0.15) is 0 Å². The Kier molecular flexibility index (Phi) is 8.09. The van der Waals surface area contributed by atoms with Crippen LogP contribution in [0.3, 0.4) is 0 Å². The molecule has 1 aromatic carbocycles. The summed E-state index contributed by atoms with van der Waals surface area (Å²) in [4.78, 5) is 25.0. The van der Waals surface area contributed by atoms with Gasteiger partial charge < -0.3 is 10.6 Å². The lowest BCUT2D eigenvalue weighted by Gasteiger charge is -2.22. The highest BCUT2D eigenvalue weighted by Crippen LogP contribution is 2.22. The molecule has 0 spiro atoms. The third-order valence-corrected chi connectivity index (χ3v) is 5.06. The highest BCUT2D eigenvalue weighted by Gasteiger charge is 2.17. The number of halogens is 1. The molecule has 0 aliphatic heterocycles. The van der Waals surface area contributed by atoms with Crippen LogP contribution in [0.15, 0.2) is 41.8 Å². The fraction of sp³-hybridized carbons (Fsp3) is 0.368. The standard InChI is InChI=1S/C19H24ClN3O2S/c1-13(2)18(14-5-7-15(20)8-6-14)22-12-17(24)23-19(25)21-10-9-16-4-3-11-26-16/h3-8,11,13,18,22H,9-10,12H2,1-2H3,(H2,21,23,24,25). The minimum absolute atomic E-state index is 0.0000866. The normalized spacial score (nSPS) is 12.0. The third kappa shape index (κ3) is 6.78. The molecule has 26 heavy (non-hydrogen) atoms. The van der Waals surface area contributed by atoms with Gasteiger partial charge in [0.25, 0.3) is 0 Å². The van der Waals surface area contributed by atoms with Gasteiger partial charge in [-0.1, -0.05) is 43.6 Å². The summed E-state index contributed by atoms with van der Waals surface area (Å²) in [6.45, 7) is 4.69. The van der Waals surface area contributed by atoms with Crippen LogP contribution in [-0.2, 0) is 11.2 Å². The number of amides is 3. The van der Waals surface area contributed by atoms with E-state index in [0.717, 1.165) is 12.0 Å². The van der Waals surface area contributed by atoms with E-state index in [2.05, 4.69) is 29.8 Å². The van der Waals surface area contributed by atoms with Gasteiger partial charge in [0.05, 0.1) is 6.54 Å². The molecule has 1 heterocycles. The molecule has 0 radical (unpaired) electrons. The van der Waals surface area contributed by atoms with E-state index < -0.39 is 6.03 Å². The predicted molar refractivity (Wildman–Crippen MR) is 107 cm³/mol. The number of benzene rings is 1. The number of imide groups is 1. The van der Waals surface area contributed by atoms with Gasteiger partial charge in [0, 0.05) is 22.5 Å². The van der Waals surface area contributed by atoms with Crippen LogP contribution in [0.2, 0.25) is 5.02 Å². The van der Waals surface area contributed by atoms with Gasteiger partial charge in [-0.3, -0.25) is 10.1 Å². The molecule has 2 rings (SSSR count). The van der Waals surface area contributed by atoms with Gasteiger partial charge in [-0.15, -0.1) is 11.3 Å². The van der Waals surface area contributed by atoms with Crippen LogP contribution in [-0.4, -0.2) is 25.0 Å². The molecule has 0 saturated carbocycles. The first-order valence-corrected chi connectivity index (χ1v) is 9.80. The summed E-state index contributed by atoms with van der Waals surface area (Å²) in [5.74, 6) is -0.0816. The van der Waals surface area contributed by atoms with E-state index in [9.17, 15) is 9.59 Å². The van der Waals surface area contributed by atoms with Crippen molar-refractivity contribution in [3.05, 3.63) is 57.2 Å². The first-order valence-electron chi connectivity index (χ1n) is 8.54. The Bertz CT molecular complexity index is 702. The molecule has 0 saturated heterocycles. The molecule has 0 bridgehead atoms. The first kappa shape index (κ1) is 20.4. The maximum Gasteiger partial charge on any atom is 0.321 e. The molecule has 140 valence electrons. The summed E-state index contributed by atoms with van der Waals surface area (Å²) in [7, 11) is 0. The molecule has 5 nitrogen and oxygen atoms in total. The molecule has 7 heteroatoms. The molecular formula is C19H24ClN3O2S. The van der Waals surface area contributed by atoms with Crippen LogP contribution in [0, 0.1) is 5.92 Å². The van der Waals surface area contributed by atoms with Crippen molar-refractivity contribution >= 4 is 34.9 Å². The van der Waals surface area contributed by atoms with Crippen molar-refractivity contribution < 1.29 is 9.59 Å². The second-order valence-electron chi connectivity index (χ2n) is 6.29. The van der Waals surface area contributed by atoms with E-state index in [1.54, 1.807) is 11.3 Å². The number of nitrogens with one attached hydrogen (secondary N) is 3. The molecule has 0 fully saturated rings. The highest BCUT2D eigenvalue weighted by molar-refractivity contribution is 7.09. The van der Waals surface area contributed by atoms with E-state index in [-0.39, 0.29) is 24.4 Å². The van der Waals surface area contributed by atoms with Crippen molar-refractivity contribution in [2.45, 2.75) is 26.3 Å². The van der Waals surface area contributed by atoms with Crippen molar-refractivity contribution in [3.8, 4) is 0 Å². The number of hydrogen-bond acceptors (Lipinski definition) is 4. The van der Waals surface area contributed by atoms with Crippen molar-refractivity contribution in [3.63, 3.8) is 0 Å². The summed E-state index contributed by atoms with van der Waals surface area (Å²) in [6, 6.07) is 11.1. The fourth-order valence-corrected chi connectivity index (χ4v) is 3.42. The van der Waals surface area contributed by atoms with Crippen LogP contribution in [0.25, 0.3) is 0 Å². The Labute approximate surface area is 163 Å². The minimum atomic E-state index is -0.471. The zero-order chi connectivity index (χ0) is 18.9. The number of carbonyl (C=O) groups excluding carboxylic acids is 2. The lowest BCUT2D eigenvalue weighted by molar-refractivity contribution is -0.119. The minimum Gasteiger partial charge on any atom is -0.337 e. The monoisotopic (exact) mass is 393 g/mol. The maximum atomic E-state index is 12.0.